The SMILES string of the molecule is Cc1cc(OCC2c3ccsc3CCN2C(=O)CN(C(=O)c2ccccc2C)C2CC2)ccc1Cl. The monoisotopic (exact) mass is 508 g/mol. The number of benzene rings is 2. The Morgan fingerprint density at radius 2 is 1.91 bits per heavy atom. The van der Waals surface area contributed by atoms with E-state index in [-0.39, 0.29) is 30.4 Å². The Morgan fingerprint density at radius 1 is 1.11 bits per heavy atom. The van der Waals surface area contributed by atoms with Gasteiger partial charge in [0.2, 0.25) is 5.91 Å². The summed E-state index contributed by atoms with van der Waals surface area (Å²) in [5, 5.41) is 2.78. The van der Waals surface area contributed by atoms with Crippen LogP contribution in [0.15, 0.2) is 53.9 Å². The lowest BCUT2D eigenvalue weighted by Gasteiger charge is -2.37. The third kappa shape index (κ3) is 5.09. The molecule has 182 valence electrons. The third-order valence-corrected chi connectivity index (χ3v) is 8.30. The molecule has 1 aliphatic heterocycles. The Morgan fingerprint density at radius 3 is 2.66 bits per heavy atom. The van der Waals surface area contributed by atoms with Gasteiger partial charge in [-0.1, -0.05) is 29.8 Å². The van der Waals surface area contributed by atoms with E-state index in [1.54, 1.807) is 16.2 Å². The zero-order chi connectivity index (χ0) is 24.5. The number of ether oxygens (including phenoxy) is 1. The van der Waals surface area contributed by atoms with Crippen LogP contribution in [0.25, 0.3) is 0 Å². The van der Waals surface area contributed by atoms with E-state index in [9.17, 15) is 9.59 Å². The highest BCUT2D eigenvalue weighted by atomic mass is 35.5. The topological polar surface area (TPSA) is 49.9 Å². The molecule has 2 amide bonds. The maximum Gasteiger partial charge on any atom is 0.254 e. The van der Waals surface area contributed by atoms with Crippen molar-refractivity contribution in [2.24, 2.45) is 0 Å². The molecule has 2 aromatic carbocycles. The van der Waals surface area contributed by atoms with Crippen LogP contribution in [-0.2, 0) is 11.2 Å². The lowest BCUT2D eigenvalue weighted by atomic mass is 10.00. The number of fused-ring (bicyclic) bond motifs is 1. The molecule has 1 aromatic heterocycles. The smallest absolute Gasteiger partial charge is 0.254 e. The summed E-state index contributed by atoms with van der Waals surface area (Å²) in [4.78, 5) is 32.0. The highest BCUT2D eigenvalue weighted by Crippen LogP contribution is 2.35. The molecule has 0 radical (unpaired) electrons. The van der Waals surface area contributed by atoms with Crippen LogP contribution >= 0.6 is 22.9 Å². The van der Waals surface area contributed by atoms with Gasteiger partial charge in [-0.2, -0.15) is 0 Å². The summed E-state index contributed by atoms with van der Waals surface area (Å²) in [5.41, 5.74) is 3.69. The molecule has 1 atom stereocenters. The van der Waals surface area contributed by atoms with Gasteiger partial charge in [0.1, 0.15) is 18.9 Å². The van der Waals surface area contributed by atoms with Crippen LogP contribution < -0.4 is 4.74 Å². The minimum Gasteiger partial charge on any atom is -0.491 e. The molecule has 7 heteroatoms. The van der Waals surface area contributed by atoms with Crippen molar-refractivity contribution in [1.82, 2.24) is 9.80 Å². The van der Waals surface area contributed by atoms with Crippen LogP contribution in [0, 0.1) is 13.8 Å². The van der Waals surface area contributed by atoms with E-state index in [1.807, 2.05) is 61.2 Å². The first-order valence-electron chi connectivity index (χ1n) is 12.0. The Balaban J connectivity index is 1.35. The van der Waals surface area contributed by atoms with Gasteiger partial charge in [-0.15, -0.1) is 11.3 Å². The molecule has 2 aliphatic rings. The van der Waals surface area contributed by atoms with Crippen molar-refractivity contribution in [3.05, 3.63) is 86.1 Å². The van der Waals surface area contributed by atoms with Crippen molar-refractivity contribution in [2.45, 2.75) is 45.2 Å². The van der Waals surface area contributed by atoms with E-state index in [0.29, 0.717) is 23.7 Å². The lowest BCUT2D eigenvalue weighted by Crippen LogP contribution is -2.48. The van der Waals surface area contributed by atoms with Crippen LogP contribution in [0.4, 0.5) is 0 Å². The van der Waals surface area contributed by atoms with Gasteiger partial charge in [0.05, 0.1) is 6.04 Å². The van der Waals surface area contributed by atoms with E-state index < -0.39 is 0 Å². The van der Waals surface area contributed by atoms with Crippen molar-refractivity contribution in [1.29, 1.82) is 0 Å². The second kappa shape index (κ2) is 10.0. The van der Waals surface area contributed by atoms with Gasteiger partial charge in [0.25, 0.3) is 5.91 Å². The summed E-state index contributed by atoms with van der Waals surface area (Å²) < 4.78 is 6.16. The molecule has 1 fully saturated rings. The van der Waals surface area contributed by atoms with E-state index >= 15 is 0 Å². The number of hydrogen-bond acceptors (Lipinski definition) is 4. The number of nitrogens with zero attached hydrogens (tertiary/aromatic N) is 2. The van der Waals surface area contributed by atoms with Crippen molar-refractivity contribution >= 4 is 34.8 Å². The maximum atomic E-state index is 13.7. The van der Waals surface area contributed by atoms with Gasteiger partial charge < -0.3 is 14.5 Å². The number of thiophene rings is 1. The molecule has 2 heterocycles. The average molecular weight is 509 g/mol. The van der Waals surface area contributed by atoms with Gasteiger partial charge in [-0.25, -0.2) is 0 Å². The number of hydrogen-bond donors (Lipinski definition) is 0. The van der Waals surface area contributed by atoms with Crippen LogP contribution in [0.5, 0.6) is 5.75 Å². The van der Waals surface area contributed by atoms with Crippen molar-refractivity contribution in [2.75, 3.05) is 19.7 Å². The first kappa shape index (κ1) is 23.9. The summed E-state index contributed by atoms with van der Waals surface area (Å²) >= 11 is 7.89. The molecule has 0 N–H and O–H groups in total. The zero-order valence-corrected chi connectivity index (χ0v) is 21.6. The minimum atomic E-state index is -0.192. The summed E-state index contributed by atoms with van der Waals surface area (Å²) in [6, 6.07) is 15.2. The lowest BCUT2D eigenvalue weighted by molar-refractivity contribution is -0.135. The fourth-order valence-corrected chi connectivity index (χ4v) is 5.76. The van der Waals surface area contributed by atoms with Crippen molar-refractivity contribution in [3.63, 3.8) is 0 Å². The number of rotatable bonds is 7. The molecule has 5 rings (SSSR count). The van der Waals surface area contributed by atoms with E-state index in [2.05, 4.69) is 11.4 Å². The predicted molar refractivity (Wildman–Crippen MR) is 139 cm³/mol. The summed E-state index contributed by atoms with van der Waals surface area (Å²) in [7, 11) is 0. The molecular formula is C28H29ClN2O3S. The fourth-order valence-electron chi connectivity index (χ4n) is 4.71. The predicted octanol–water partition coefficient (Wildman–Crippen LogP) is 5.83. The quantitative estimate of drug-likeness (QED) is 0.403. The first-order valence-corrected chi connectivity index (χ1v) is 13.3. The van der Waals surface area contributed by atoms with Gasteiger partial charge in [0.15, 0.2) is 0 Å². The number of halogens is 1. The molecule has 3 aromatic rings. The van der Waals surface area contributed by atoms with Crippen LogP contribution in [0.3, 0.4) is 0 Å². The minimum absolute atomic E-state index is 0.0310. The van der Waals surface area contributed by atoms with Gasteiger partial charge >= 0.3 is 0 Å². The Hall–Kier alpha value is -2.83. The van der Waals surface area contributed by atoms with Gasteiger partial charge in [-0.3, -0.25) is 9.59 Å². The Kier molecular flexibility index (Phi) is 6.85. The number of carbonyl (C=O) groups excluding carboxylic acids is 2. The van der Waals surface area contributed by atoms with E-state index in [4.69, 9.17) is 16.3 Å². The molecule has 5 nitrogen and oxygen atoms in total. The Bertz CT molecular complexity index is 1250. The largest absolute Gasteiger partial charge is 0.491 e. The highest BCUT2D eigenvalue weighted by Gasteiger charge is 2.38. The molecule has 0 bridgehead atoms. The van der Waals surface area contributed by atoms with Gasteiger partial charge in [0, 0.05) is 28.0 Å². The summed E-state index contributed by atoms with van der Waals surface area (Å²) in [6.07, 6.45) is 2.72. The van der Waals surface area contributed by atoms with E-state index in [0.717, 1.165) is 41.7 Å². The van der Waals surface area contributed by atoms with Crippen LogP contribution in [0.1, 0.15) is 50.8 Å². The zero-order valence-electron chi connectivity index (χ0n) is 20.0. The van der Waals surface area contributed by atoms with E-state index in [1.165, 1.54) is 4.88 Å². The van der Waals surface area contributed by atoms with Crippen LogP contribution in [0.2, 0.25) is 5.02 Å². The molecular weight excluding hydrogens is 480 g/mol. The number of amides is 2. The Labute approximate surface area is 215 Å². The maximum absolute atomic E-state index is 13.7. The molecule has 0 spiro atoms. The third-order valence-electron chi connectivity index (χ3n) is 6.88. The van der Waals surface area contributed by atoms with Crippen LogP contribution in [-0.4, -0.2) is 47.4 Å². The molecule has 0 saturated heterocycles. The van der Waals surface area contributed by atoms with Crippen molar-refractivity contribution in [3.8, 4) is 5.75 Å². The van der Waals surface area contributed by atoms with Crippen molar-refractivity contribution < 1.29 is 14.3 Å². The first-order chi connectivity index (χ1) is 16.9. The fraction of sp³-hybridized carbons (Fsp3) is 0.357. The average Bonchev–Trinajstić information content (AvgIpc) is 3.58. The second-order valence-electron chi connectivity index (χ2n) is 9.35. The standard InChI is InChI=1S/C28H29ClN2O3S/c1-18-5-3-4-6-22(18)28(33)31(20-7-8-20)16-27(32)30-13-11-26-23(12-14-35-26)25(30)17-34-21-9-10-24(29)19(2)15-21/h3-6,9-10,12,14-15,20,25H,7-8,11,13,16-17H2,1-2H3. The molecule has 1 aliphatic carbocycles. The van der Waals surface area contributed by atoms with Gasteiger partial charge in [-0.05, 0) is 85.5 Å². The summed E-state index contributed by atoms with van der Waals surface area (Å²) in [6.45, 7) is 4.95. The molecule has 35 heavy (non-hydrogen) atoms. The second-order valence-corrected chi connectivity index (χ2v) is 10.8. The summed E-state index contributed by atoms with van der Waals surface area (Å²) in [5.74, 6) is 0.643. The highest BCUT2D eigenvalue weighted by molar-refractivity contribution is 7.10. The normalized spacial score (nSPS) is 17.1. The molecule has 1 saturated carbocycles. The number of carbonyl (C=O) groups is 2. The molecule has 1 unspecified atom stereocenters. The number of aryl methyl sites for hydroxylation is 2.